The molecule has 3 N–H and O–H groups in total. The molecule has 0 amide bonds. The van der Waals surface area contributed by atoms with E-state index in [1.807, 2.05) is 0 Å². The smallest absolute Gasteiger partial charge is 0.450 e. The van der Waals surface area contributed by atoms with Gasteiger partial charge in [0, 0.05) is 6.04 Å². The van der Waals surface area contributed by atoms with Gasteiger partial charge in [0.15, 0.2) is 0 Å². The fraction of sp³-hybridized carbons (Fsp3) is 0.900. The monoisotopic (exact) mass is 199 g/mol. The van der Waals surface area contributed by atoms with Crippen LogP contribution in [0.3, 0.4) is 0 Å². The lowest BCUT2D eigenvalue weighted by atomic mass is 9.46. The summed E-state index contributed by atoms with van der Waals surface area (Å²) >= 11 is 0. The van der Waals surface area contributed by atoms with Gasteiger partial charge in [-0.25, -0.2) is 4.79 Å². The van der Waals surface area contributed by atoms with Gasteiger partial charge in [-0.15, -0.1) is 0 Å². The number of hydrogen-bond acceptors (Lipinski definition) is 3. The minimum Gasteiger partial charge on any atom is -0.450 e. The maximum atomic E-state index is 10.4. The molecule has 0 aliphatic heterocycles. The fourth-order valence-corrected chi connectivity index (χ4v) is 3.06. The van der Waals surface area contributed by atoms with Crippen molar-refractivity contribution in [3.8, 4) is 0 Å². The van der Waals surface area contributed by atoms with Crippen molar-refractivity contribution >= 4 is 6.16 Å². The van der Waals surface area contributed by atoms with Crippen molar-refractivity contribution in [1.29, 1.82) is 0 Å². The molecule has 0 aromatic rings. The summed E-state index contributed by atoms with van der Waals surface area (Å²) in [6.07, 6.45) is 0.429. The average Bonchev–Trinajstić information content (AvgIpc) is 2.06. The molecule has 0 spiro atoms. The molecule has 14 heavy (non-hydrogen) atoms. The van der Waals surface area contributed by atoms with Crippen molar-refractivity contribution in [2.45, 2.75) is 38.8 Å². The molecular weight excluding hydrogens is 182 g/mol. The van der Waals surface area contributed by atoms with Gasteiger partial charge in [-0.1, -0.05) is 13.8 Å². The van der Waals surface area contributed by atoms with Crippen LogP contribution in [0, 0.1) is 17.3 Å². The Kier molecular flexibility index (Phi) is 2.00. The van der Waals surface area contributed by atoms with Crippen molar-refractivity contribution in [2.75, 3.05) is 0 Å². The highest BCUT2D eigenvalue weighted by Crippen LogP contribution is 2.59. The molecule has 3 saturated carbocycles. The SMILES string of the molecule is CC1(C)C2C[C@H](OC(=O)O)[C@H](N)[C@@H]1C2. The topological polar surface area (TPSA) is 72.5 Å². The van der Waals surface area contributed by atoms with Gasteiger partial charge in [0.2, 0.25) is 0 Å². The Morgan fingerprint density at radius 3 is 2.57 bits per heavy atom. The molecule has 3 rings (SSSR count). The molecule has 4 atom stereocenters. The molecule has 0 saturated heterocycles. The van der Waals surface area contributed by atoms with Gasteiger partial charge in [-0.3, -0.25) is 0 Å². The normalized spacial score (nSPS) is 43.9. The summed E-state index contributed by atoms with van der Waals surface area (Å²) in [5.41, 5.74) is 6.27. The van der Waals surface area contributed by atoms with Gasteiger partial charge in [0.05, 0.1) is 0 Å². The lowest BCUT2D eigenvalue weighted by molar-refractivity contribution is -0.136. The second kappa shape index (κ2) is 2.86. The molecule has 3 aliphatic rings. The summed E-state index contributed by atoms with van der Waals surface area (Å²) in [7, 11) is 0. The highest BCUT2D eigenvalue weighted by atomic mass is 16.7. The number of carbonyl (C=O) groups is 1. The minimum atomic E-state index is -1.20. The third-order valence-corrected chi connectivity index (χ3v) is 4.21. The second-order valence-corrected chi connectivity index (χ2v) is 5.10. The highest BCUT2D eigenvalue weighted by molar-refractivity contribution is 5.57. The van der Waals surface area contributed by atoms with E-state index in [9.17, 15) is 4.79 Å². The van der Waals surface area contributed by atoms with Crippen LogP contribution in [0.4, 0.5) is 4.79 Å². The summed E-state index contributed by atoms with van der Waals surface area (Å²) < 4.78 is 4.79. The van der Waals surface area contributed by atoms with E-state index in [0.29, 0.717) is 11.8 Å². The first-order valence-corrected chi connectivity index (χ1v) is 5.08. The van der Waals surface area contributed by atoms with Gasteiger partial charge < -0.3 is 15.6 Å². The van der Waals surface area contributed by atoms with Crippen LogP contribution in [-0.4, -0.2) is 23.4 Å². The molecule has 4 heteroatoms. The lowest BCUT2D eigenvalue weighted by Crippen LogP contribution is -2.64. The molecule has 0 aromatic carbocycles. The Hall–Kier alpha value is -0.770. The fourth-order valence-electron chi connectivity index (χ4n) is 3.06. The van der Waals surface area contributed by atoms with E-state index in [2.05, 4.69) is 13.8 Å². The number of ether oxygens (including phenoxy) is 1. The quantitative estimate of drug-likeness (QED) is 0.627. The Morgan fingerprint density at radius 2 is 2.14 bits per heavy atom. The minimum absolute atomic E-state index is 0.119. The summed E-state index contributed by atoms with van der Waals surface area (Å²) in [5, 5.41) is 8.54. The van der Waals surface area contributed by atoms with Gasteiger partial charge in [0.25, 0.3) is 0 Å². The van der Waals surface area contributed by atoms with Crippen molar-refractivity contribution in [1.82, 2.24) is 0 Å². The van der Waals surface area contributed by atoms with E-state index in [-0.39, 0.29) is 17.6 Å². The number of rotatable bonds is 1. The zero-order valence-corrected chi connectivity index (χ0v) is 8.56. The third kappa shape index (κ3) is 1.21. The first-order chi connectivity index (χ1) is 6.43. The van der Waals surface area contributed by atoms with Gasteiger partial charge in [-0.2, -0.15) is 0 Å². The molecule has 1 unspecified atom stereocenters. The van der Waals surface area contributed by atoms with E-state index >= 15 is 0 Å². The molecule has 2 bridgehead atoms. The van der Waals surface area contributed by atoms with Crippen LogP contribution in [0.25, 0.3) is 0 Å². The first-order valence-electron chi connectivity index (χ1n) is 5.08. The highest BCUT2D eigenvalue weighted by Gasteiger charge is 2.57. The molecule has 3 aliphatic carbocycles. The van der Waals surface area contributed by atoms with E-state index in [1.165, 1.54) is 0 Å². The van der Waals surface area contributed by atoms with E-state index in [4.69, 9.17) is 15.6 Å². The molecule has 0 aromatic heterocycles. The first kappa shape index (κ1) is 9.77. The van der Waals surface area contributed by atoms with Gasteiger partial charge >= 0.3 is 6.16 Å². The Morgan fingerprint density at radius 1 is 1.50 bits per heavy atom. The number of nitrogens with two attached hydrogens (primary N) is 1. The van der Waals surface area contributed by atoms with Crippen LogP contribution < -0.4 is 5.73 Å². The molecule has 0 heterocycles. The van der Waals surface area contributed by atoms with Gasteiger partial charge in [0.1, 0.15) is 6.10 Å². The maximum Gasteiger partial charge on any atom is 0.506 e. The second-order valence-electron chi connectivity index (χ2n) is 5.10. The Balaban J connectivity index is 2.04. The van der Waals surface area contributed by atoms with Crippen molar-refractivity contribution < 1.29 is 14.6 Å². The summed E-state index contributed by atoms with van der Waals surface area (Å²) in [6.45, 7) is 4.42. The van der Waals surface area contributed by atoms with Crippen LogP contribution in [0.15, 0.2) is 0 Å². The van der Waals surface area contributed by atoms with Crippen LogP contribution in [0.2, 0.25) is 0 Å². The summed E-state index contributed by atoms with van der Waals surface area (Å²) in [4.78, 5) is 10.4. The summed E-state index contributed by atoms with van der Waals surface area (Å²) in [5.74, 6) is 1.00. The molecule has 80 valence electrons. The Bertz CT molecular complexity index is 264. The van der Waals surface area contributed by atoms with Crippen molar-refractivity contribution in [3.63, 3.8) is 0 Å². The number of carboxylic acid groups (broad SMARTS) is 1. The Labute approximate surface area is 83.4 Å². The van der Waals surface area contributed by atoms with Crippen LogP contribution in [0.5, 0.6) is 0 Å². The van der Waals surface area contributed by atoms with Crippen molar-refractivity contribution in [3.05, 3.63) is 0 Å². The van der Waals surface area contributed by atoms with E-state index < -0.39 is 6.16 Å². The van der Waals surface area contributed by atoms with Crippen LogP contribution in [-0.2, 0) is 4.74 Å². The van der Waals surface area contributed by atoms with Crippen LogP contribution >= 0.6 is 0 Å². The van der Waals surface area contributed by atoms with Crippen molar-refractivity contribution in [2.24, 2.45) is 23.0 Å². The predicted octanol–water partition coefficient (Wildman–Crippen LogP) is 1.44. The number of fused-ring (bicyclic) bond motifs is 2. The third-order valence-electron chi connectivity index (χ3n) is 4.21. The maximum absolute atomic E-state index is 10.4. The standard InChI is InChI=1S/C10H17NO3/c1-10(2)5-3-6(10)8(11)7(4-5)14-9(12)13/h5-8H,3-4,11H2,1-2H3,(H,12,13)/t5?,6-,7-,8+/m0/s1. The van der Waals surface area contributed by atoms with Gasteiger partial charge in [-0.05, 0) is 30.1 Å². The number of hydrogen-bond donors (Lipinski definition) is 2. The summed E-state index contributed by atoms with van der Waals surface area (Å²) in [6, 6.07) is -0.119. The molecular formula is C10H17NO3. The largest absolute Gasteiger partial charge is 0.506 e. The van der Waals surface area contributed by atoms with E-state index in [0.717, 1.165) is 12.8 Å². The molecule has 3 fully saturated rings. The zero-order valence-electron chi connectivity index (χ0n) is 8.56. The van der Waals surface area contributed by atoms with Crippen LogP contribution in [0.1, 0.15) is 26.7 Å². The lowest BCUT2D eigenvalue weighted by Gasteiger charge is -2.60. The average molecular weight is 199 g/mol. The molecule has 0 radical (unpaired) electrons. The zero-order chi connectivity index (χ0) is 10.5. The molecule has 4 nitrogen and oxygen atoms in total. The predicted molar refractivity (Wildman–Crippen MR) is 50.9 cm³/mol. The van der Waals surface area contributed by atoms with E-state index in [1.54, 1.807) is 0 Å².